The van der Waals surface area contributed by atoms with Crippen LogP contribution in [-0.4, -0.2) is 38.1 Å². The Kier molecular flexibility index (Phi) is 4.88. The molecular formula is C8H20N2O2S. The first-order chi connectivity index (χ1) is 5.82. The molecule has 0 aromatic carbocycles. The van der Waals surface area contributed by atoms with Crippen LogP contribution in [0.25, 0.3) is 0 Å². The summed E-state index contributed by atoms with van der Waals surface area (Å²) >= 11 is 0. The average Bonchev–Trinajstić information content (AvgIpc) is 2.01. The van der Waals surface area contributed by atoms with Gasteiger partial charge in [0.15, 0.2) is 0 Å². The van der Waals surface area contributed by atoms with Gasteiger partial charge in [0.2, 0.25) is 10.0 Å². The normalized spacial score (nSPS) is 15.3. The fourth-order valence-corrected chi connectivity index (χ4v) is 2.41. The Labute approximate surface area is 81.2 Å². The molecule has 2 N–H and O–H groups in total. The van der Waals surface area contributed by atoms with E-state index in [1.165, 1.54) is 4.31 Å². The van der Waals surface area contributed by atoms with Crippen molar-refractivity contribution in [2.75, 3.05) is 20.1 Å². The first-order valence-electron chi connectivity index (χ1n) is 4.47. The number of hydrogen-bond acceptors (Lipinski definition) is 3. The number of nitrogens with two attached hydrogens (primary N) is 1. The van der Waals surface area contributed by atoms with Crippen molar-refractivity contribution in [2.45, 2.75) is 26.0 Å². The number of hydrogen-bond donors (Lipinski definition) is 1. The fraction of sp³-hybridized carbons (Fsp3) is 1.00. The first-order valence-corrected chi connectivity index (χ1v) is 5.98. The van der Waals surface area contributed by atoms with Crippen LogP contribution in [0.5, 0.6) is 0 Å². The van der Waals surface area contributed by atoms with Gasteiger partial charge in [-0.3, -0.25) is 0 Å². The van der Waals surface area contributed by atoms with Gasteiger partial charge in [0, 0.05) is 20.1 Å². The molecule has 0 aromatic rings. The van der Waals surface area contributed by atoms with Crippen LogP contribution in [0, 0.1) is 5.92 Å². The molecule has 13 heavy (non-hydrogen) atoms. The lowest BCUT2D eigenvalue weighted by molar-refractivity contribution is 0.412. The molecule has 0 amide bonds. The van der Waals surface area contributed by atoms with Crippen LogP contribution >= 0.6 is 0 Å². The zero-order chi connectivity index (χ0) is 10.6. The minimum atomic E-state index is -3.18. The van der Waals surface area contributed by atoms with E-state index in [0.29, 0.717) is 12.5 Å². The summed E-state index contributed by atoms with van der Waals surface area (Å²) in [5, 5.41) is -0.490. The maximum atomic E-state index is 11.6. The highest BCUT2D eigenvalue weighted by Crippen LogP contribution is 2.08. The van der Waals surface area contributed by atoms with Crippen LogP contribution in [0.15, 0.2) is 0 Å². The third-order valence-corrected chi connectivity index (χ3v) is 4.12. The Hall–Kier alpha value is -0.130. The molecule has 0 aliphatic heterocycles. The van der Waals surface area contributed by atoms with Crippen molar-refractivity contribution in [3.63, 3.8) is 0 Å². The lowest BCUT2D eigenvalue weighted by atomic mass is 10.2. The van der Waals surface area contributed by atoms with Crippen molar-refractivity contribution in [1.82, 2.24) is 4.31 Å². The van der Waals surface area contributed by atoms with E-state index in [1.54, 1.807) is 14.0 Å². The molecule has 80 valence electrons. The summed E-state index contributed by atoms with van der Waals surface area (Å²) < 4.78 is 24.7. The number of sulfonamides is 1. The highest BCUT2D eigenvalue weighted by molar-refractivity contribution is 7.89. The highest BCUT2D eigenvalue weighted by Gasteiger charge is 2.24. The Morgan fingerprint density at radius 1 is 1.31 bits per heavy atom. The SMILES string of the molecule is CC(C)CN(C)S(=O)(=O)C(C)CN. The molecule has 0 aromatic heterocycles. The van der Waals surface area contributed by atoms with E-state index < -0.39 is 15.3 Å². The van der Waals surface area contributed by atoms with Gasteiger partial charge in [0.25, 0.3) is 0 Å². The summed E-state index contributed by atoms with van der Waals surface area (Å²) in [6, 6.07) is 0. The molecule has 0 saturated carbocycles. The molecule has 0 spiro atoms. The minimum Gasteiger partial charge on any atom is -0.329 e. The summed E-state index contributed by atoms with van der Waals surface area (Å²) in [4.78, 5) is 0. The van der Waals surface area contributed by atoms with Crippen LogP contribution in [-0.2, 0) is 10.0 Å². The smallest absolute Gasteiger partial charge is 0.217 e. The van der Waals surface area contributed by atoms with E-state index in [0.717, 1.165) is 0 Å². The Balaban J connectivity index is 4.46. The van der Waals surface area contributed by atoms with Crippen molar-refractivity contribution < 1.29 is 8.42 Å². The van der Waals surface area contributed by atoms with Crippen molar-refractivity contribution in [1.29, 1.82) is 0 Å². The van der Waals surface area contributed by atoms with E-state index >= 15 is 0 Å². The summed E-state index contributed by atoms with van der Waals surface area (Å²) in [6.07, 6.45) is 0. The lowest BCUT2D eigenvalue weighted by Gasteiger charge is -2.22. The second-order valence-corrected chi connectivity index (χ2v) is 6.22. The van der Waals surface area contributed by atoms with Crippen LogP contribution in [0.4, 0.5) is 0 Å². The van der Waals surface area contributed by atoms with Gasteiger partial charge in [-0.1, -0.05) is 13.8 Å². The molecule has 0 aliphatic rings. The van der Waals surface area contributed by atoms with E-state index in [1.807, 2.05) is 13.8 Å². The molecule has 0 heterocycles. The zero-order valence-corrected chi connectivity index (χ0v) is 9.63. The van der Waals surface area contributed by atoms with E-state index in [2.05, 4.69) is 0 Å². The van der Waals surface area contributed by atoms with Crippen molar-refractivity contribution in [3.05, 3.63) is 0 Å². The predicted octanol–water partition coefficient (Wildman–Crippen LogP) is 0.251. The predicted molar refractivity (Wildman–Crippen MR) is 54.9 cm³/mol. The number of rotatable bonds is 5. The molecule has 4 nitrogen and oxygen atoms in total. The van der Waals surface area contributed by atoms with Crippen LogP contribution in [0.2, 0.25) is 0 Å². The Bertz CT molecular complexity index is 237. The van der Waals surface area contributed by atoms with Gasteiger partial charge in [-0.2, -0.15) is 0 Å². The Morgan fingerprint density at radius 2 is 1.77 bits per heavy atom. The van der Waals surface area contributed by atoms with Gasteiger partial charge >= 0.3 is 0 Å². The zero-order valence-electron chi connectivity index (χ0n) is 8.82. The fourth-order valence-electron chi connectivity index (χ4n) is 1.05. The quantitative estimate of drug-likeness (QED) is 0.704. The maximum Gasteiger partial charge on any atom is 0.217 e. The monoisotopic (exact) mass is 208 g/mol. The van der Waals surface area contributed by atoms with Gasteiger partial charge in [-0.15, -0.1) is 0 Å². The molecule has 0 bridgehead atoms. The van der Waals surface area contributed by atoms with Crippen molar-refractivity contribution in [2.24, 2.45) is 11.7 Å². The van der Waals surface area contributed by atoms with Crippen molar-refractivity contribution in [3.8, 4) is 0 Å². The number of nitrogens with zero attached hydrogens (tertiary/aromatic N) is 1. The first kappa shape index (κ1) is 12.9. The third kappa shape index (κ3) is 3.62. The standard InChI is InChI=1S/C8H20N2O2S/c1-7(2)6-10(4)13(11,12)8(3)5-9/h7-8H,5-6,9H2,1-4H3. The topological polar surface area (TPSA) is 63.4 Å². The van der Waals surface area contributed by atoms with Gasteiger partial charge in [0.05, 0.1) is 5.25 Å². The largest absolute Gasteiger partial charge is 0.329 e. The van der Waals surface area contributed by atoms with Crippen LogP contribution in [0.3, 0.4) is 0 Å². The summed E-state index contributed by atoms with van der Waals surface area (Å²) in [5.74, 6) is 0.338. The van der Waals surface area contributed by atoms with E-state index in [4.69, 9.17) is 5.73 Å². The van der Waals surface area contributed by atoms with Crippen LogP contribution in [0.1, 0.15) is 20.8 Å². The molecule has 0 saturated heterocycles. The van der Waals surface area contributed by atoms with Crippen molar-refractivity contribution >= 4 is 10.0 Å². The molecule has 0 rings (SSSR count). The Morgan fingerprint density at radius 3 is 2.08 bits per heavy atom. The average molecular weight is 208 g/mol. The van der Waals surface area contributed by atoms with Gasteiger partial charge < -0.3 is 5.73 Å². The highest BCUT2D eigenvalue weighted by atomic mass is 32.2. The molecule has 1 atom stereocenters. The minimum absolute atomic E-state index is 0.171. The maximum absolute atomic E-state index is 11.6. The van der Waals surface area contributed by atoms with Gasteiger partial charge in [-0.25, -0.2) is 12.7 Å². The van der Waals surface area contributed by atoms with Gasteiger partial charge in [0.1, 0.15) is 0 Å². The molecule has 1 unspecified atom stereocenters. The second kappa shape index (κ2) is 4.93. The molecular weight excluding hydrogens is 188 g/mol. The lowest BCUT2D eigenvalue weighted by Crippen LogP contribution is -2.40. The molecule has 0 radical (unpaired) electrons. The van der Waals surface area contributed by atoms with Gasteiger partial charge in [-0.05, 0) is 12.8 Å². The van der Waals surface area contributed by atoms with E-state index in [9.17, 15) is 8.42 Å². The molecule has 0 aliphatic carbocycles. The molecule has 0 fully saturated rings. The summed E-state index contributed by atoms with van der Waals surface area (Å²) in [6.45, 7) is 6.32. The van der Waals surface area contributed by atoms with E-state index in [-0.39, 0.29) is 6.54 Å². The summed E-state index contributed by atoms with van der Waals surface area (Å²) in [7, 11) is -1.58. The second-order valence-electron chi connectivity index (χ2n) is 3.77. The molecule has 5 heteroatoms. The summed E-state index contributed by atoms with van der Waals surface area (Å²) in [5.41, 5.74) is 5.32. The van der Waals surface area contributed by atoms with Crippen LogP contribution < -0.4 is 5.73 Å². The third-order valence-electron chi connectivity index (χ3n) is 1.90.